The zero-order valence-electron chi connectivity index (χ0n) is 16.3. The van der Waals surface area contributed by atoms with E-state index in [1.807, 2.05) is 20.0 Å². The molecule has 1 saturated heterocycles. The predicted molar refractivity (Wildman–Crippen MR) is 101 cm³/mol. The maximum Gasteiger partial charge on any atom is 0.292 e. The minimum Gasteiger partial charge on any atom is -0.351 e. The zero-order valence-corrected chi connectivity index (χ0v) is 16.3. The largest absolute Gasteiger partial charge is 0.351 e. The topological polar surface area (TPSA) is 75.4 Å². The summed E-state index contributed by atoms with van der Waals surface area (Å²) in [6, 6.07) is 1.75. The summed E-state index contributed by atoms with van der Waals surface area (Å²) in [5.41, 5.74) is 2.93. The van der Waals surface area contributed by atoms with Crippen molar-refractivity contribution in [3.63, 3.8) is 0 Å². The van der Waals surface area contributed by atoms with Crippen molar-refractivity contribution in [3.8, 4) is 0 Å². The van der Waals surface area contributed by atoms with Crippen LogP contribution in [-0.4, -0.2) is 57.5 Å². The fraction of sp³-hybridized carbons (Fsp3) is 0.600. The van der Waals surface area contributed by atoms with Gasteiger partial charge in [0.2, 0.25) is 5.76 Å². The van der Waals surface area contributed by atoms with E-state index in [9.17, 15) is 4.79 Å². The average molecular weight is 369 g/mol. The van der Waals surface area contributed by atoms with Gasteiger partial charge in [0.1, 0.15) is 5.82 Å². The number of nitrogens with zero attached hydrogens (tertiary/aromatic N) is 5. The third-order valence-corrected chi connectivity index (χ3v) is 5.65. The third-order valence-electron chi connectivity index (χ3n) is 5.65. The molecule has 0 atom stereocenters. The molecule has 0 radical (unpaired) electrons. The molecule has 1 amide bonds. The van der Waals surface area contributed by atoms with E-state index >= 15 is 0 Å². The monoisotopic (exact) mass is 369 g/mol. The molecule has 27 heavy (non-hydrogen) atoms. The highest BCUT2D eigenvalue weighted by Gasteiger charge is 2.28. The molecule has 144 valence electrons. The van der Waals surface area contributed by atoms with Crippen molar-refractivity contribution in [3.05, 3.63) is 40.8 Å². The first-order valence-corrected chi connectivity index (χ1v) is 9.80. The smallest absolute Gasteiger partial charge is 0.292 e. The Kier molecular flexibility index (Phi) is 4.95. The number of carbonyl (C=O) groups is 1. The van der Waals surface area contributed by atoms with Gasteiger partial charge in [0.05, 0.1) is 11.4 Å². The first kappa shape index (κ1) is 18.1. The number of likely N-dealkylation sites (tertiary alicyclic amines) is 1. The van der Waals surface area contributed by atoms with Crippen molar-refractivity contribution in [1.29, 1.82) is 0 Å². The Hall–Kier alpha value is -2.28. The van der Waals surface area contributed by atoms with Gasteiger partial charge in [0, 0.05) is 43.3 Å². The number of rotatable bonds is 3. The Morgan fingerprint density at radius 1 is 1.26 bits per heavy atom. The lowest BCUT2D eigenvalue weighted by Crippen LogP contribution is -2.36. The van der Waals surface area contributed by atoms with E-state index in [0.717, 1.165) is 55.1 Å². The molecular formula is C20H27N5O2. The molecule has 2 aliphatic rings. The van der Waals surface area contributed by atoms with E-state index in [1.165, 1.54) is 0 Å². The minimum absolute atomic E-state index is 0.112. The number of aromatic nitrogens is 3. The highest BCUT2D eigenvalue weighted by Crippen LogP contribution is 2.27. The van der Waals surface area contributed by atoms with Gasteiger partial charge in [-0.2, -0.15) is 0 Å². The predicted octanol–water partition coefficient (Wildman–Crippen LogP) is 2.60. The van der Waals surface area contributed by atoms with Crippen molar-refractivity contribution < 1.29 is 9.32 Å². The van der Waals surface area contributed by atoms with Crippen LogP contribution in [0.2, 0.25) is 0 Å². The molecule has 0 aliphatic carbocycles. The van der Waals surface area contributed by atoms with Crippen LogP contribution in [0.1, 0.15) is 71.9 Å². The SMILES string of the molecule is CC(C)c1cc(C(=O)N2CCc3nc(C4CCN(C)CC4)ncc3C2)on1. The van der Waals surface area contributed by atoms with Crippen molar-refractivity contribution >= 4 is 5.91 Å². The van der Waals surface area contributed by atoms with Crippen LogP contribution in [0.25, 0.3) is 0 Å². The summed E-state index contributed by atoms with van der Waals surface area (Å²) in [6.45, 7) is 7.43. The Morgan fingerprint density at radius 3 is 2.74 bits per heavy atom. The van der Waals surface area contributed by atoms with Gasteiger partial charge in [-0.1, -0.05) is 19.0 Å². The number of fused-ring (bicyclic) bond motifs is 1. The first-order valence-electron chi connectivity index (χ1n) is 9.80. The second-order valence-electron chi connectivity index (χ2n) is 8.03. The van der Waals surface area contributed by atoms with Gasteiger partial charge in [-0.05, 0) is 38.9 Å². The van der Waals surface area contributed by atoms with E-state index in [2.05, 4.69) is 22.1 Å². The first-order chi connectivity index (χ1) is 13.0. The van der Waals surface area contributed by atoms with Crippen molar-refractivity contribution in [2.75, 3.05) is 26.7 Å². The maximum absolute atomic E-state index is 12.7. The number of hydrogen-bond donors (Lipinski definition) is 0. The lowest BCUT2D eigenvalue weighted by molar-refractivity contribution is 0.0690. The number of piperidine rings is 1. The molecule has 2 aromatic rings. The molecule has 1 fully saturated rings. The quantitative estimate of drug-likeness (QED) is 0.828. The molecule has 0 unspecified atom stereocenters. The standard InChI is InChI=1S/C20H27N5O2/c1-13(2)17-10-18(27-23-17)20(26)25-9-6-16-15(12-25)11-21-19(22-16)14-4-7-24(3)8-5-14/h10-11,13-14H,4-9,12H2,1-3H3. The minimum atomic E-state index is -0.112. The van der Waals surface area contributed by atoms with Crippen LogP contribution in [0.15, 0.2) is 16.8 Å². The summed E-state index contributed by atoms with van der Waals surface area (Å²) in [5.74, 6) is 1.86. The summed E-state index contributed by atoms with van der Waals surface area (Å²) in [5, 5.41) is 3.99. The molecule has 7 nitrogen and oxygen atoms in total. The fourth-order valence-electron chi connectivity index (χ4n) is 3.79. The van der Waals surface area contributed by atoms with Crippen LogP contribution in [0, 0.1) is 0 Å². The van der Waals surface area contributed by atoms with Gasteiger partial charge in [0.25, 0.3) is 5.91 Å². The van der Waals surface area contributed by atoms with Gasteiger partial charge in [0.15, 0.2) is 0 Å². The third kappa shape index (κ3) is 3.74. The molecule has 2 aliphatic heterocycles. The summed E-state index contributed by atoms with van der Waals surface area (Å²) in [4.78, 5) is 26.4. The van der Waals surface area contributed by atoms with Gasteiger partial charge < -0.3 is 14.3 Å². The molecular weight excluding hydrogens is 342 g/mol. The van der Waals surface area contributed by atoms with Gasteiger partial charge in [-0.15, -0.1) is 0 Å². The number of hydrogen-bond acceptors (Lipinski definition) is 6. The second-order valence-corrected chi connectivity index (χ2v) is 8.03. The van der Waals surface area contributed by atoms with Crippen LogP contribution in [0.3, 0.4) is 0 Å². The van der Waals surface area contributed by atoms with E-state index in [0.29, 0.717) is 24.8 Å². The molecule has 4 rings (SSSR count). The van der Waals surface area contributed by atoms with E-state index in [1.54, 1.807) is 11.0 Å². The molecule has 0 aromatic carbocycles. The van der Waals surface area contributed by atoms with Gasteiger partial charge in [-0.25, -0.2) is 9.97 Å². The van der Waals surface area contributed by atoms with Crippen molar-refractivity contribution in [2.45, 2.75) is 51.5 Å². The van der Waals surface area contributed by atoms with Crippen LogP contribution in [0.5, 0.6) is 0 Å². The number of carbonyl (C=O) groups excluding carboxylic acids is 1. The Balaban J connectivity index is 1.46. The molecule has 0 N–H and O–H groups in total. The van der Waals surface area contributed by atoms with Crippen LogP contribution in [-0.2, 0) is 13.0 Å². The molecule has 0 spiro atoms. The lowest BCUT2D eigenvalue weighted by atomic mass is 9.95. The molecule has 0 bridgehead atoms. The molecule has 0 saturated carbocycles. The molecule has 4 heterocycles. The summed E-state index contributed by atoms with van der Waals surface area (Å²) in [7, 11) is 2.16. The summed E-state index contributed by atoms with van der Waals surface area (Å²) >= 11 is 0. The van der Waals surface area contributed by atoms with Crippen molar-refractivity contribution in [2.24, 2.45) is 0 Å². The Bertz CT molecular complexity index is 824. The Morgan fingerprint density at radius 2 is 2.04 bits per heavy atom. The normalized spacial score (nSPS) is 18.7. The lowest BCUT2D eigenvalue weighted by Gasteiger charge is -2.30. The molecule has 2 aromatic heterocycles. The summed E-state index contributed by atoms with van der Waals surface area (Å²) < 4.78 is 5.26. The van der Waals surface area contributed by atoms with Gasteiger partial charge in [-0.3, -0.25) is 4.79 Å². The fourth-order valence-corrected chi connectivity index (χ4v) is 3.79. The van der Waals surface area contributed by atoms with Gasteiger partial charge >= 0.3 is 0 Å². The van der Waals surface area contributed by atoms with Crippen LogP contribution >= 0.6 is 0 Å². The zero-order chi connectivity index (χ0) is 19.0. The average Bonchev–Trinajstić information content (AvgIpc) is 3.18. The van der Waals surface area contributed by atoms with E-state index in [4.69, 9.17) is 9.51 Å². The van der Waals surface area contributed by atoms with E-state index in [-0.39, 0.29) is 11.8 Å². The number of amides is 1. The highest BCUT2D eigenvalue weighted by atomic mass is 16.5. The van der Waals surface area contributed by atoms with E-state index < -0.39 is 0 Å². The van der Waals surface area contributed by atoms with Crippen LogP contribution in [0.4, 0.5) is 0 Å². The van der Waals surface area contributed by atoms with Crippen molar-refractivity contribution in [1.82, 2.24) is 24.9 Å². The molecule has 7 heteroatoms. The highest BCUT2D eigenvalue weighted by molar-refractivity contribution is 5.91. The van der Waals surface area contributed by atoms with Crippen LogP contribution < -0.4 is 0 Å². The Labute approximate surface area is 159 Å². The second kappa shape index (κ2) is 7.38. The summed E-state index contributed by atoms with van der Waals surface area (Å²) in [6.07, 6.45) is 4.90. The maximum atomic E-state index is 12.7.